The van der Waals surface area contributed by atoms with E-state index in [1.165, 1.54) is 13.8 Å². The van der Waals surface area contributed by atoms with Crippen molar-refractivity contribution in [2.75, 3.05) is 0 Å². The molecule has 1 aromatic carbocycles. The predicted molar refractivity (Wildman–Crippen MR) is 85.7 cm³/mol. The Balaban J connectivity index is 2.51. The predicted octanol–water partition coefficient (Wildman–Crippen LogP) is 4.38. The molecule has 0 aliphatic rings. The van der Waals surface area contributed by atoms with Gasteiger partial charge in [-0.25, -0.2) is 4.57 Å². The molecule has 20 heavy (non-hydrogen) atoms. The van der Waals surface area contributed by atoms with Crippen molar-refractivity contribution in [3.05, 3.63) is 53.2 Å². The maximum atomic E-state index is 8.48. The molecule has 2 rings (SSSR count). The van der Waals surface area contributed by atoms with E-state index in [1.807, 2.05) is 6.92 Å². The second-order valence-corrected chi connectivity index (χ2v) is 5.69. The number of benzene rings is 1. The van der Waals surface area contributed by atoms with Crippen molar-refractivity contribution >= 4 is 0 Å². The summed E-state index contributed by atoms with van der Waals surface area (Å²) in [7, 11) is 1.76. The molecular formula is C19H26N+. The Labute approximate surface area is 134 Å². The van der Waals surface area contributed by atoms with Crippen molar-refractivity contribution in [3.8, 4) is 11.3 Å². The number of hydrogen-bond acceptors (Lipinski definition) is 0. The summed E-state index contributed by atoms with van der Waals surface area (Å²) in [5, 5.41) is 0. The number of pyridine rings is 1. The highest BCUT2D eigenvalue weighted by Gasteiger charge is 2.15. The van der Waals surface area contributed by atoms with E-state index in [-0.39, 0.29) is 5.56 Å². The molecule has 0 atom stereocenters. The van der Waals surface area contributed by atoms with Gasteiger partial charge in [-0.2, -0.15) is 0 Å². The van der Waals surface area contributed by atoms with Crippen molar-refractivity contribution in [1.82, 2.24) is 0 Å². The minimum Gasteiger partial charge on any atom is -0.201 e. The van der Waals surface area contributed by atoms with Crippen LogP contribution in [-0.2, 0) is 13.4 Å². The summed E-state index contributed by atoms with van der Waals surface area (Å²) in [5.41, 5.74) is 1.36. The van der Waals surface area contributed by atoms with E-state index in [1.54, 1.807) is 48.1 Å². The van der Waals surface area contributed by atoms with Crippen LogP contribution in [0.3, 0.4) is 0 Å². The number of rotatable bonds is 2. The topological polar surface area (TPSA) is 3.88 Å². The molecule has 1 aromatic heterocycles. The molecule has 0 amide bonds. The van der Waals surface area contributed by atoms with Gasteiger partial charge in [-0.3, -0.25) is 0 Å². The van der Waals surface area contributed by atoms with Crippen LogP contribution in [0.1, 0.15) is 48.4 Å². The summed E-state index contributed by atoms with van der Waals surface area (Å²) in [6, 6.07) is 8.31. The summed E-state index contributed by atoms with van der Waals surface area (Å²) in [5.74, 6) is 0. The van der Waals surface area contributed by atoms with Gasteiger partial charge in [0, 0.05) is 28.2 Å². The highest BCUT2D eigenvalue weighted by Crippen LogP contribution is 2.25. The van der Waals surface area contributed by atoms with E-state index in [0.717, 1.165) is 16.8 Å². The standard InChI is InChI=1S/C19H26N/c1-14-7-10-18(20(6)13-14)17-9-8-16(11-15(17)2)12-19(3,4)5/h7-11,13H,12H2,1-6H3/q+1/i1D3,3D3,12D2. The average Bonchev–Trinajstić information content (AvgIpc) is 2.53. The van der Waals surface area contributed by atoms with Gasteiger partial charge >= 0.3 is 0 Å². The Bertz CT molecular complexity index is 878. The van der Waals surface area contributed by atoms with E-state index >= 15 is 0 Å². The largest absolute Gasteiger partial charge is 0.212 e. The SMILES string of the molecule is [2H]C([2H])([2H])c1ccc(-c2ccc(C([2H])([2H])C(C)(C)C([2H])([2H])[2H])cc2C)[n+](C)c1. The third kappa shape index (κ3) is 3.47. The van der Waals surface area contributed by atoms with Crippen LogP contribution in [0.15, 0.2) is 36.5 Å². The number of hydrogen-bond donors (Lipinski definition) is 0. The molecule has 0 aliphatic heterocycles. The lowest BCUT2D eigenvalue weighted by Crippen LogP contribution is -2.31. The lowest BCUT2D eigenvalue weighted by atomic mass is 9.87. The van der Waals surface area contributed by atoms with Gasteiger partial charge < -0.3 is 0 Å². The molecule has 0 aliphatic carbocycles. The van der Waals surface area contributed by atoms with Crippen molar-refractivity contribution in [3.63, 3.8) is 0 Å². The Morgan fingerprint density at radius 2 is 2.05 bits per heavy atom. The zero-order valence-electron chi connectivity index (χ0n) is 20.4. The molecule has 0 N–H and O–H groups in total. The first-order valence-corrected chi connectivity index (χ1v) is 6.62. The molecule has 0 fully saturated rings. The lowest BCUT2D eigenvalue weighted by Gasteiger charge is -2.18. The van der Waals surface area contributed by atoms with E-state index in [9.17, 15) is 0 Å². The monoisotopic (exact) mass is 276 g/mol. The van der Waals surface area contributed by atoms with Crippen LogP contribution in [0.25, 0.3) is 11.3 Å². The maximum Gasteiger partial charge on any atom is 0.212 e. The molecule has 0 saturated carbocycles. The van der Waals surface area contributed by atoms with Crippen LogP contribution in [0.4, 0.5) is 0 Å². The summed E-state index contributed by atoms with van der Waals surface area (Å²) >= 11 is 0. The molecule has 0 saturated heterocycles. The van der Waals surface area contributed by atoms with Crippen LogP contribution in [0.5, 0.6) is 0 Å². The second-order valence-electron chi connectivity index (χ2n) is 5.69. The van der Waals surface area contributed by atoms with E-state index in [2.05, 4.69) is 0 Å². The number of aryl methyl sites for hydroxylation is 3. The van der Waals surface area contributed by atoms with Gasteiger partial charge in [-0.15, -0.1) is 0 Å². The molecule has 1 heteroatoms. The zero-order chi connectivity index (χ0) is 21.7. The Hall–Kier alpha value is -1.63. The smallest absolute Gasteiger partial charge is 0.201 e. The molecule has 0 bridgehead atoms. The highest BCUT2D eigenvalue weighted by molar-refractivity contribution is 5.61. The van der Waals surface area contributed by atoms with Gasteiger partial charge in [0.2, 0.25) is 5.69 Å². The first kappa shape index (κ1) is 7.40. The quantitative estimate of drug-likeness (QED) is 0.717. The first-order chi connectivity index (χ1) is 12.5. The van der Waals surface area contributed by atoms with E-state index in [0.29, 0.717) is 5.56 Å². The van der Waals surface area contributed by atoms with Gasteiger partial charge in [0.15, 0.2) is 6.20 Å². The van der Waals surface area contributed by atoms with Crippen LogP contribution in [0, 0.1) is 19.2 Å². The highest BCUT2D eigenvalue weighted by atomic mass is 14.9. The van der Waals surface area contributed by atoms with Crippen LogP contribution < -0.4 is 4.57 Å². The summed E-state index contributed by atoms with van der Waals surface area (Å²) < 4.78 is 64.4. The molecule has 106 valence electrons. The fourth-order valence-electron chi connectivity index (χ4n) is 2.28. The second kappa shape index (κ2) is 5.40. The normalized spacial score (nSPS) is 19.6. The average molecular weight is 276 g/mol. The Kier molecular flexibility index (Phi) is 2.00. The van der Waals surface area contributed by atoms with Gasteiger partial charge in [0.25, 0.3) is 0 Å². The number of aromatic nitrogens is 1. The number of nitrogens with zero attached hydrogens (tertiary/aromatic N) is 1. The minimum absolute atomic E-state index is 0.240. The molecule has 0 radical (unpaired) electrons. The van der Waals surface area contributed by atoms with Crippen molar-refractivity contribution in [2.24, 2.45) is 12.5 Å². The van der Waals surface area contributed by atoms with Crippen molar-refractivity contribution < 1.29 is 15.5 Å². The van der Waals surface area contributed by atoms with Crippen LogP contribution >= 0.6 is 0 Å². The van der Waals surface area contributed by atoms with Crippen molar-refractivity contribution in [2.45, 2.75) is 40.8 Å². The third-order valence-electron chi connectivity index (χ3n) is 3.09. The zero-order valence-corrected chi connectivity index (χ0v) is 12.4. The Morgan fingerprint density at radius 1 is 1.25 bits per heavy atom. The molecular weight excluding hydrogens is 242 g/mol. The van der Waals surface area contributed by atoms with E-state index in [4.69, 9.17) is 11.0 Å². The summed E-state index contributed by atoms with van der Waals surface area (Å²) in [6.45, 7) is 0.00914. The van der Waals surface area contributed by atoms with Crippen molar-refractivity contribution in [1.29, 1.82) is 0 Å². The summed E-state index contributed by atoms with van der Waals surface area (Å²) in [4.78, 5) is 0. The lowest BCUT2D eigenvalue weighted by molar-refractivity contribution is -0.660. The third-order valence-corrected chi connectivity index (χ3v) is 3.09. The summed E-state index contributed by atoms with van der Waals surface area (Å²) in [6.07, 6.45) is -0.498. The van der Waals surface area contributed by atoms with Crippen LogP contribution in [-0.4, -0.2) is 0 Å². The van der Waals surface area contributed by atoms with Gasteiger partial charge in [0.05, 0.1) is 0 Å². The Morgan fingerprint density at radius 3 is 2.65 bits per heavy atom. The van der Waals surface area contributed by atoms with Crippen LogP contribution in [0.2, 0.25) is 0 Å². The van der Waals surface area contributed by atoms with Gasteiger partial charge in [0.1, 0.15) is 7.05 Å². The van der Waals surface area contributed by atoms with Gasteiger partial charge in [-0.1, -0.05) is 32.8 Å². The molecule has 0 spiro atoms. The molecule has 1 nitrogen and oxygen atoms in total. The van der Waals surface area contributed by atoms with Gasteiger partial charge in [-0.05, 0) is 48.8 Å². The molecule has 1 heterocycles. The van der Waals surface area contributed by atoms with E-state index < -0.39 is 25.5 Å². The first-order valence-electron chi connectivity index (χ1n) is 10.6. The fraction of sp³-hybridized carbons (Fsp3) is 0.421. The maximum absolute atomic E-state index is 8.48. The molecule has 0 unspecified atom stereocenters. The molecule has 2 aromatic rings. The minimum atomic E-state index is -2.46. The fourth-order valence-corrected chi connectivity index (χ4v) is 2.28.